The Morgan fingerprint density at radius 1 is 0.553 bits per heavy atom. The van der Waals surface area contributed by atoms with Gasteiger partial charge in [0.2, 0.25) is 0 Å². The molecule has 0 amide bonds. The number of phenolic OH excluding ortho intramolecular Hbond substituents is 1. The van der Waals surface area contributed by atoms with Crippen LogP contribution in [0.2, 0.25) is 0 Å². The van der Waals surface area contributed by atoms with Gasteiger partial charge in [-0.25, -0.2) is 0 Å². The van der Waals surface area contributed by atoms with E-state index in [1.54, 1.807) is 17.4 Å². The predicted octanol–water partition coefficient (Wildman–Crippen LogP) is 10.6. The Kier molecular flexibility index (Phi) is 6.32. The van der Waals surface area contributed by atoms with Crippen molar-refractivity contribution in [2.75, 3.05) is 0 Å². The highest BCUT2D eigenvalue weighted by Crippen LogP contribution is 2.40. The molecule has 3 nitrogen and oxygen atoms in total. The van der Waals surface area contributed by atoms with Gasteiger partial charge in [-0.3, -0.25) is 0 Å². The van der Waals surface area contributed by atoms with Gasteiger partial charge in [0.25, 0.3) is 0 Å². The van der Waals surface area contributed by atoms with Gasteiger partial charge in [0, 0.05) is 37.2 Å². The first-order chi connectivity index (χ1) is 18.7. The fraction of sp³-hybridized carbons (Fsp3) is 0.0588. The normalized spacial score (nSPS) is 11.0. The van der Waals surface area contributed by atoms with Crippen LogP contribution in [0.1, 0.15) is 13.8 Å². The fourth-order valence-corrected chi connectivity index (χ4v) is 5.68. The second kappa shape index (κ2) is 10.1. The number of aromatic hydroxyl groups is 1. The lowest BCUT2D eigenvalue weighted by atomic mass is 10.1. The molecular weight excluding hydrogens is 488 g/mol. The van der Waals surface area contributed by atoms with E-state index >= 15 is 0 Å². The van der Waals surface area contributed by atoms with Crippen molar-refractivity contribution in [3.63, 3.8) is 0 Å². The third-order valence-corrected chi connectivity index (χ3v) is 7.61. The van der Waals surface area contributed by atoms with Gasteiger partial charge in [-0.15, -0.1) is 11.3 Å². The molecule has 0 saturated heterocycles. The Labute approximate surface area is 225 Å². The number of phenols is 1. The minimum Gasteiger partial charge on any atom is -0.507 e. The molecule has 7 rings (SSSR count). The lowest BCUT2D eigenvalue weighted by molar-refractivity contribution is 0.477. The van der Waals surface area contributed by atoms with Gasteiger partial charge in [0.05, 0.1) is 0 Å². The van der Waals surface area contributed by atoms with Crippen LogP contribution in [0.25, 0.3) is 65.5 Å². The first-order valence-corrected chi connectivity index (χ1v) is 13.5. The number of thiophene rings is 1. The third-order valence-electron chi connectivity index (χ3n) is 6.46. The zero-order chi connectivity index (χ0) is 26.1. The molecule has 186 valence electrons. The van der Waals surface area contributed by atoms with Crippen molar-refractivity contribution in [3.05, 3.63) is 115 Å². The molecule has 0 unspecified atom stereocenters. The van der Waals surface area contributed by atoms with Crippen molar-refractivity contribution >= 4 is 32.4 Å². The van der Waals surface area contributed by atoms with Crippen LogP contribution in [-0.4, -0.2) is 5.11 Å². The predicted molar refractivity (Wildman–Crippen MR) is 159 cm³/mol. The molecule has 0 aliphatic rings. The summed E-state index contributed by atoms with van der Waals surface area (Å²) >= 11 is 1.68. The fourth-order valence-electron chi connectivity index (χ4n) is 4.58. The third kappa shape index (κ3) is 4.40. The van der Waals surface area contributed by atoms with E-state index in [0.29, 0.717) is 5.76 Å². The Morgan fingerprint density at radius 2 is 1.18 bits per heavy atom. The van der Waals surface area contributed by atoms with Gasteiger partial charge in [0.1, 0.15) is 28.6 Å². The van der Waals surface area contributed by atoms with E-state index in [1.807, 2.05) is 98.8 Å². The van der Waals surface area contributed by atoms with Crippen LogP contribution < -0.4 is 0 Å². The van der Waals surface area contributed by atoms with Gasteiger partial charge < -0.3 is 13.9 Å². The van der Waals surface area contributed by atoms with Crippen molar-refractivity contribution in [1.82, 2.24) is 0 Å². The van der Waals surface area contributed by atoms with E-state index in [9.17, 15) is 5.11 Å². The van der Waals surface area contributed by atoms with Crippen LogP contribution in [0.3, 0.4) is 0 Å². The number of hydrogen-bond acceptors (Lipinski definition) is 4. The van der Waals surface area contributed by atoms with Gasteiger partial charge in [0.15, 0.2) is 0 Å². The average molecular weight is 515 g/mol. The van der Waals surface area contributed by atoms with E-state index in [-0.39, 0.29) is 5.75 Å². The molecular formula is C34H26O3S. The summed E-state index contributed by atoms with van der Waals surface area (Å²) < 4.78 is 13.4. The molecule has 0 saturated carbocycles. The molecule has 3 heterocycles. The van der Waals surface area contributed by atoms with Crippen LogP contribution in [0.5, 0.6) is 5.75 Å². The molecule has 4 heteroatoms. The van der Waals surface area contributed by atoms with Gasteiger partial charge >= 0.3 is 0 Å². The second-order valence-electron chi connectivity index (χ2n) is 8.77. The molecule has 0 aliphatic carbocycles. The quantitative estimate of drug-likeness (QED) is 0.254. The average Bonchev–Trinajstić information content (AvgIpc) is 3.72. The summed E-state index contributed by atoms with van der Waals surface area (Å²) in [6.45, 7) is 4.00. The lowest BCUT2D eigenvalue weighted by Gasteiger charge is -2.05. The van der Waals surface area contributed by atoms with E-state index < -0.39 is 0 Å². The molecule has 0 spiro atoms. The molecule has 4 aromatic carbocycles. The zero-order valence-electron chi connectivity index (χ0n) is 21.1. The van der Waals surface area contributed by atoms with Crippen molar-refractivity contribution in [2.24, 2.45) is 0 Å². The first kappa shape index (κ1) is 23.8. The second-order valence-corrected chi connectivity index (χ2v) is 9.85. The van der Waals surface area contributed by atoms with Crippen LogP contribution in [0, 0.1) is 0 Å². The molecule has 0 atom stereocenters. The van der Waals surface area contributed by atoms with Gasteiger partial charge in [-0.1, -0.05) is 80.6 Å². The largest absolute Gasteiger partial charge is 0.507 e. The van der Waals surface area contributed by atoms with Crippen molar-refractivity contribution in [2.45, 2.75) is 13.8 Å². The summed E-state index contributed by atoms with van der Waals surface area (Å²) in [4.78, 5) is 1.05. The van der Waals surface area contributed by atoms with Crippen molar-refractivity contribution in [3.8, 4) is 50.2 Å². The summed E-state index contributed by atoms with van der Waals surface area (Å²) in [5.41, 5.74) is 4.54. The molecule has 0 radical (unpaired) electrons. The van der Waals surface area contributed by atoms with E-state index in [0.717, 1.165) is 49.6 Å². The first-order valence-electron chi connectivity index (χ1n) is 12.7. The summed E-state index contributed by atoms with van der Waals surface area (Å²) in [6.07, 6.45) is 0. The van der Waals surface area contributed by atoms with Crippen molar-refractivity contribution in [1.29, 1.82) is 0 Å². The van der Waals surface area contributed by atoms with Gasteiger partial charge in [-0.2, -0.15) is 0 Å². The standard InChI is InChI=1S/C32H20O3S.C2H6/c33-26-17-23(13-14-25(26)32-19-24-6-2-4-8-31(24)36-32)29-16-15-28(34-29)20-9-11-21(12-10-20)30-18-22-5-1-3-7-27(22)35-30;1-2/h1-19,33H;1-2H3. The van der Waals surface area contributed by atoms with Crippen LogP contribution >= 0.6 is 11.3 Å². The van der Waals surface area contributed by atoms with Crippen molar-refractivity contribution < 1.29 is 13.9 Å². The number of fused-ring (bicyclic) bond motifs is 2. The minimum absolute atomic E-state index is 0.243. The summed E-state index contributed by atoms with van der Waals surface area (Å²) in [5, 5.41) is 13.1. The number of furan rings is 2. The monoisotopic (exact) mass is 514 g/mol. The number of rotatable bonds is 4. The Hall–Kier alpha value is -4.54. The summed E-state index contributed by atoms with van der Waals surface area (Å²) in [6, 6.07) is 38.2. The van der Waals surface area contributed by atoms with Gasteiger partial charge in [-0.05, 0) is 53.9 Å². The molecule has 0 bridgehead atoms. The molecule has 0 fully saturated rings. The Morgan fingerprint density at radius 3 is 1.89 bits per heavy atom. The summed E-state index contributed by atoms with van der Waals surface area (Å²) in [5.74, 6) is 2.57. The number of hydrogen-bond donors (Lipinski definition) is 1. The summed E-state index contributed by atoms with van der Waals surface area (Å²) in [7, 11) is 0. The number of benzene rings is 4. The molecule has 0 aliphatic heterocycles. The molecule has 3 aromatic heterocycles. The van der Waals surface area contributed by atoms with Crippen LogP contribution in [0.4, 0.5) is 0 Å². The smallest absolute Gasteiger partial charge is 0.135 e. The maximum absolute atomic E-state index is 10.8. The van der Waals surface area contributed by atoms with E-state index in [1.165, 1.54) is 10.1 Å². The van der Waals surface area contributed by atoms with E-state index in [4.69, 9.17) is 8.83 Å². The molecule has 38 heavy (non-hydrogen) atoms. The Bertz CT molecular complexity index is 1780. The molecule has 7 aromatic rings. The zero-order valence-corrected chi connectivity index (χ0v) is 22.0. The maximum Gasteiger partial charge on any atom is 0.135 e. The highest BCUT2D eigenvalue weighted by molar-refractivity contribution is 7.22. The topological polar surface area (TPSA) is 46.5 Å². The van der Waals surface area contributed by atoms with Crippen LogP contribution in [0.15, 0.2) is 124 Å². The van der Waals surface area contributed by atoms with Crippen LogP contribution in [-0.2, 0) is 0 Å². The highest BCUT2D eigenvalue weighted by Gasteiger charge is 2.13. The maximum atomic E-state index is 10.8. The van der Waals surface area contributed by atoms with E-state index in [2.05, 4.69) is 24.3 Å². The minimum atomic E-state index is 0.243. The number of para-hydroxylation sites is 1. The lowest BCUT2D eigenvalue weighted by Crippen LogP contribution is -1.79. The Balaban J connectivity index is 0.00000129. The highest BCUT2D eigenvalue weighted by atomic mass is 32.1. The molecule has 1 N–H and O–H groups in total. The SMILES string of the molecule is CC.Oc1cc(-c2ccc(-c3ccc(-c4cc5ccccc5o4)cc3)o2)ccc1-c1cc2ccccc2s1.